The number of primary amides is 1. The summed E-state index contributed by atoms with van der Waals surface area (Å²) in [5.74, 6) is 0.203. The summed E-state index contributed by atoms with van der Waals surface area (Å²) < 4.78 is 1.28. The second kappa shape index (κ2) is 8.47. The first kappa shape index (κ1) is 20.4. The van der Waals surface area contributed by atoms with Crippen molar-refractivity contribution >= 4 is 40.4 Å². The zero-order chi connectivity index (χ0) is 22.0. The lowest BCUT2D eigenvalue weighted by Crippen LogP contribution is -2.45. The number of anilines is 2. The minimum absolute atomic E-state index is 0.270. The Morgan fingerprint density at radius 1 is 1.13 bits per heavy atom. The number of aryl methyl sites for hydroxylation is 1. The van der Waals surface area contributed by atoms with Crippen LogP contribution in [0.4, 0.5) is 21.1 Å². The van der Waals surface area contributed by atoms with Crippen LogP contribution in [0.3, 0.4) is 0 Å². The van der Waals surface area contributed by atoms with Gasteiger partial charge in [0, 0.05) is 23.8 Å². The molecule has 4 rings (SSSR count). The highest BCUT2D eigenvalue weighted by Crippen LogP contribution is 2.27. The van der Waals surface area contributed by atoms with Crippen LogP contribution in [0, 0.1) is 0 Å². The van der Waals surface area contributed by atoms with Crippen molar-refractivity contribution in [3.8, 4) is 0 Å². The first-order valence-electron chi connectivity index (χ1n) is 10.2. The van der Waals surface area contributed by atoms with E-state index in [2.05, 4.69) is 15.6 Å². The quantitative estimate of drug-likeness (QED) is 0.600. The van der Waals surface area contributed by atoms with Crippen molar-refractivity contribution in [2.75, 3.05) is 17.2 Å². The van der Waals surface area contributed by atoms with E-state index in [4.69, 9.17) is 5.73 Å². The molecule has 31 heavy (non-hydrogen) atoms. The van der Waals surface area contributed by atoms with E-state index in [-0.39, 0.29) is 5.91 Å². The molecule has 4 amide bonds. The van der Waals surface area contributed by atoms with Gasteiger partial charge in [-0.15, -0.1) is 0 Å². The van der Waals surface area contributed by atoms with Gasteiger partial charge in [-0.2, -0.15) is 0 Å². The number of para-hydroxylation sites is 1. The smallest absolute Gasteiger partial charge is 0.323 e. The van der Waals surface area contributed by atoms with E-state index in [1.165, 1.54) is 15.7 Å². The molecule has 3 aromatic rings. The molecule has 0 bridgehead atoms. The van der Waals surface area contributed by atoms with E-state index < -0.39 is 18.1 Å². The Labute approximate surface area is 179 Å². The summed E-state index contributed by atoms with van der Waals surface area (Å²) in [6.07, 6.45) is 3.55. The number of hydrogen-bond acceptors (Lipinski definition) is 4. The minimum atomic E-state index is -0.642. The predicted molar refractivity (Wildman–Crippen MR) is 118 cm³/mol. The van der Waals surface area contributed by atoms with Crippen molar-refractivity contribution < 1.29 is 14.4 Å². The molecule has 0 spiro atoms. The lowest BCUT2D eigenvalue weighted by Gasteiger charge is -2.24. The Kier molecular flexibility index (Phi) is 5.57. The molecule has 4 N–H and O–H groups in total. The van der Waals surface area contributed by atoms with E-state index in [9.17, 15) is 14.4 Å². The normalized spacial score (nSPS) is 15.8. The van der Waals surface area contributed by atoms with Gasteiger partial charge in [0.25, 0.3) is 0 Å². The van der Waals surface area contributed by atoms with E-state index in [1.54, 1.807) is 24.3 Å². The summed E-state index contributed by atoms with van der Waals surface area (Å²) in [5.41, 5.74) is 7.38. The summed E-state index contributed by atoms with van der Waals surface area (Å²) in [7, 11) is 0. The number of carbonyl (C=O) groups excluding carboxylic acids is 3. The Hall–Kier alpha value is -3.88. The van der Waals surface area contributed by atoms with E-state index in [1.807, 2.05) is 25.1 Å². The van der Waals surface area contributed by atoms with Crippen molar-refractivity contribution in [1.82, 2.24) is 14.5 Å². The molecule has 1 aliphatic heterocycles. The lowest BCUT2D eigenvalue weighted by atomic mass is 10.2. The number of rotatable bonds is 4. The number of likely N-dealkylation sites (tertiary alicyclic amines) is 1. The van der Waals surface area contributed by atoms with E-state index >= 15 is 0 Å². The van der Waals surface area contributed by atoms with Gasteiger partial charge in [0.1, 0.15) is 11.9 Å². The highest BCUT2D eigenvalue weighted by atomic mass is 16.2. The van der Waals surface area contributed by atoms with Gasteiger partial charge in [0.2, 0.25) is 5.91 Å². The average Bonchev–Trinajstić information content (AvgIpc) is 3.40. The average molecular weight is 420 g/mol. The topological polar surface area (TPSA) is 122 Å². The van der Waals surface area contributed by atoms with Gasteiger partial charge in [-0.3, -0.25) is 9.36 Å². The van der Waals surface area contributed by atoms with Gasteiger partial charge >= 0.3 is 12.1 Å². The Morgan fingerprint density at radius 2 is 1.94 bits per heavy atom. The number of nitrogens with two attached hydrogens (primary N) is 1. The maximum absolute atomic E-state index is 13.0. The lowest BCUT2D eigenvalue weighted by molar-refractivity contribution is -0.119. The number of nitrogens with one attached hydrogen (secondary N) is 2. The molecule has 9 nitrogen and oxygen atoms in total. The van der Waals surface area contributed by atoms with Crippen LogP contribution >= 0.6 is 0 Å². The number of benzene rings is 1. The van der Waals surface area contributed by atoms with Gasteiger partial charge in [-0.1, -0.05) is 31.2 Å². The molecular weight excluding hydrogens is 396 g/mol. The second-order valence-electron chi connectivity index (χ2n) is 7.41. The molecule has 1 saturated heterocycles. The number of hydrogen-bond donors (Lipinski definition) is 3. The van der Waals surface area contributed by atoms with Crippen molar-refractivity contribution in [2.45, 2.75) is 32.2 Å². The van der Waals surface area contributed by atoms with Crippen LogP contribution in [0.5, 0.6) is 0 Å². The SMILES string of the molecule is CCc1cccc(NC(=O)[C@@H]2CCCN2C(=O)Nc2cn(C(N)=O)c3ccccc23)n1. The standard InChI is InChI=1S/C22H24N6O3/c1-2-14-7-5-11-19(24-14)26-20(29)18-10-6-12-27(18)22(31)25-16-13-28(21(23)30)17-9-4-3-8-15(16)17/h3-5,7-9,11,13,18H,2,6,10,12H2,1H3,(H2,23,30)(H,25,31)(H,24,26,29)/t18-/m0/s1. The van der Waals surface area contributed by atoms with Crippen molar-refractivity contribution in [1.29, 1.82) is 0 Å². The largest absolute Gasteiger partial charge is 0.351 e. The van der Waals surface area contributed by atoms with Crippen LogP contribution < -0.4 is 16.4 Å². The van der Waals surface area contributed by atoms with Crippen LogP contribution in [0.1, 0.15) is 25.5 Å². The van der Waals surface area contributed by atoms with Crippen LogP contribution in [0.15, 0.2) is 48.7 Å². The fourth-order valence-electron chi connectivity index (χ4n) is 3.89. The highest BCUT2D eigenvalue weighted by Gasteiger charge is 2.34. The summed E-state index contributed by atoms with van der Waals surface area (Å²) in [5, 5.41) is 6.34. The summed E-state index contributed by atoms with van der Waals surface area (Å²) in [6.45, 7) is 2.45. The molecule has 1 aromatic carbocycles. The summed E-state index contributed by atoms with van der Waals surface area (Å²) >= 11 is 0. The minimum Gasteiger partial charge on any atom is -0.351 e. The number of urea groups is 1. The number of carbonyl (C=O) groups is 3. The van der Waals surface area contributed by atoms with Crippen LogP contribution in [0.25, 0.3) is 10.9 Å². The number of pyridine rings is 1. The zero-order valence-electron chi connectivity index (χ0n) is 17.2. The molecule has 1 fully saturated rings. The summed E-state index contributed by atoms with van der Waals surface area (Å²) in [6, 6.07) is 11.0. The number of amides is 4. The van der Waals surface area contributed by atoms with E-state index in [0.29, 0.717) is 35.4 Å². The number of fused-ring (bicyclic) bond motifs is 1. The van der Waals surface area contributed by atoms with Crippen LogP contribution in [-0.4, -0.2) is 45.0 Å². The maximum atomic E-state index is 13.0. The van der Waals surface area contributed by atoms with Crippen molar-refractivity contribution in [3.63, 3.8) is 0 Å². The van der Waals surface area contributed by atoms with Gasteiger partial charge < -0.3 is 21.3 Å². The highest BCUT2D eigenvalue weighted by molar-refractivity contribution is 6.06. The first-order chi connectivity index (χ1) is 15.0. The van der Waals surface area contributed by atoms with Gasteiger partial charge in [-0.05, 0) is 37.5 Å². The van der Waals surface area contributed by atoms with Gasteiger partial charge in [0.05, 0.1) is 11.2 Å². The molecule has 0 unspecified atom stereocenters. The van der Waals surface area contributed by atoms with Crippen LogP contribution in [-0.2, 0) is 11.2 Å². The monoisotopic (exact) mass is 420 g/mol. The van der Waals surface area contributed by atoms with E-state index in [0.717, 1.165) is 18.5 Å². The molecular formula is C22H24N6O3. The fraction of sp³-hybridized carbons (Fsp3) is 0.273. The number of aromatic nitrogens is 2. The molecule has 160 valence electrons. The fourth-order valence-corrected chi connectivity index (χ4v) is 3.89. The summed E-state index contributed by atoms with van der Waals surface area (Å²) in [4.78, 5) is 43.5. The van der Waals surface area contributed by atoms with Gasteiger partial charge in [-0.25, -0.2) is 14.6 Å². The maximum Gasteiger partial charge on any atom is 0.323 e. The molecule has 2 aromatic heterocycles. The van der Waals surface area contributed by atoms with Crippen LogP contribution in [0.2, 0.25) is 0 Å². The third-order valence-corrected chi connectivity index (χ3v) is 5.43. The Balaban J connectivity index is 1.51. The molecule has 9 heteroatoms. The Morgan fingerprint density at radius 3 is 2.71 bits per heavy atom. The van der Waals surface area contributed by atoms with Crippen molar-refractivity contribution in [3.05, 3.63) is 54.4 Å². The Bertz CT molecular complexity index is 1160. The first-order valence-corrected chi connectivity index (χ1v) is 10.2. The molecule has 0 saturated carbocycles. The number of nitrogens with zero attached hydrogens (tertiary/aromatic N) is 3. The molecule has 0 aliphatic carbocycles. The third-order valence-electron chi connectivity index (χ3n) is 5.43. The van der Waals surface area contributed by atoms with Crippen molar-refractivity contribution in [2.24, 2.45) is 5.73 Å². The third kappa shape index (κ3) is 4.07. The molecule has 1 aliphatic rings. The van der Waals surface area contributed by atoms with Gasteiger partial charge in [0.15, 0.2) is 0 Å². The second-order valence-corrected chi connectivity index (χ2v) is 7.41. The molecule has 1 atom stereocenters. The molecule has 3 heterocycles. The molecule has 0 radical (unpaired) electrons. The zero-order valence-corrected chi connectivity index (χ0v) is 17.2. The predicted octanol–water partition coefficient (Wildman–Crippen LogP) is 3.16.